The molecule has 2 atom stereocenters. The van der Waals surface area contributed by atoms with Crippen molar-refractivity contribution < 1.29 is 10.2 Å². The van der Waals surface area contributed by atoms with Gasteiger partial charge in [-0.2, -0.15) is 5.26 Å². The third-order valence-corrected chi connectivity index (χ3v) is 2.80. The van der Waals surface area contributed by atoms with Gasteiger partial charge in [0.1, 0.15) is 6.07 Å². The molecule has 1 saturated heterocycles. The summed E-state index contributed by atoms with van der Waals surface area (Å²) in [5.41, 5.74) is 7.33. The molecule has 2 unspecified atom stereocenters. The van der Waals surface area contributed by atoms with Crippen LogP contribution in [0.4, 0.5) is 11.4 Å². The number of hydrogen-bond acceptors (Lipinski definition) is 5. The maximum atomic E-state index is 9.45. The van der Waals surface area contributed by atoms with Crippen molar-refractivity contribution in [2.75, 3.05) is 23.7 Å². The molecule has 0 saturated carbocycles. The lowest BCUT2D eigenvalue weighted by atomic mass is 10.1. The van der Waals surface area contributed by atoms with E-state index < -0.39 is 12.2 Å². The summed E-state index contributed by atoms with van der Waals surface area (Å²) in [5.74, 6) is 0. The smallest absolute Gasteiger partial charge is 0.101 e. The number of hydrogen-bond donors (Lipinski definition) is 3. The third kappa shape index (κ3) is 1.69. The van der Waals surface area contributed by atoms with Crippen molar-refractivity contribution >= 4 is 11.4 Å². The SMILES string of the molecule is N#Cc1cccc(N2CC(O)C(O)C2)c1N. The van der Waals surface area contributed by atoms with E-state index >= 15 is 0 Å². The number of rotatable bonds is 1. The molecule has 4 N–H and O–H groups in total. The van der Waals surface area contributed by atoms with E-state index in [-0.39, 0.29) is 0 Å². The number of para-hydroxylation sites is 1. The highest BCUT2D eigenvalue weighted by Gasteiger charge is 2.30. The van der Waals surface area contributed by atoms with E-state index in [2.05, 4.69) is 0 Å². The van der Waals surface area contributed by atoms with Gasteiger partial charge in [-0.1, -0.05) is 6.07 Å². The number of aliphatic hydroxyl groups excluding tert-OH is 2. The molecule has 1 aromatic carbocycles. The van der Waals surface area contributed by atoms with Crippen LogP contribution in [-0.4, -0.2) is 35.5 Å². The van der Waals surface area contributed by atoms with Gasteiger partial charge >= 0.3 is 0 Å². The molecule has 16 heavy (non-hydrogen) atoms. The van der Waals surface area contributed by atoms with Gasteiger partial charge in [-0.05, 0) is 12.1 Å². The van der Waals surface area contributed by atoms with Crippen molar-refractivity contribution in [3.63, 3.8) is 0 Å². The van der Waals surface area contributed by atoms with Crippen molar-refractivity contribution in [3.05, 3.63) is 23.8 Å². The van der Waals surface area contributed by atoms with Crippen molar-refractivity contribution in [2.24, 2.45) is 0 Å². The van der Waals surface area contributed by atoms with E-state index in [1.165, 1.54) is 0 Å². The molecule has 0 aliphatic carbocycles. The highest BCUT2D eigenvalue weighted by Crippen LogP contribution is 2.29. The molecule has 5 nitrogen and oxygen atoms in total. The molecule has 1 aromatic rings. The molecule has 2 rings (SSSR count). The number of benzene rings is 1. The van der Waals surface area contributed by atoms with Crippen LogP contribution in [0.1, 0.15) is 5.56 Å². The number of nitrogen functional groups attached to an aromatic ring is 1. The first-order chi connectivity index (χ1) is 7.63. The lowest BCUT2D eigenvalue weighted by Gasteiger charge is -2.20. The minimum Gasteiger partial charge on any atom is -0.396 e. The first-order valence-corrected chi connectivity index (χ1v) is 5.03. The lowest BCUT2D eigenvalue weighted by Crippen LogP contribution is -2.22. The van der Waals surface area contributed by atoms with Gasteiger partial charge in [0.25, 0.3) is 0 Å². The highest BCUT2D eigenvalue weighted by molar-refractivity contribution is 5.74. The Bertz CT molecular complexity index is 431. The van der Waals surface area contributed by atoms with Crippen LogP contribution in [0.5, 0.6) is 0 Å². The predicted octanol–water partition coefficient (Wildman–Crippen LogP) is -0.318. The van der Waals surface area contributed by atoms with E-state index in [4.69, 9.17) is 11.0 Å². The highest BCUT2D eigenvalue weighted by atomic mass is 16.3. The zero-order chi connectivity index (χ0) is 11.7. The number of nitriles is 1. The zero-order valence-corrected chi connectivity index (χ0v) is 8.67. The maximum absolute atomic E-state index is 9.45. The van der Waals surface area contributed by atoms with Gasteiger partial charge in [0.05, 0.1) is 29.1 Å². The van der Waals surface area contributed by atoms with Gasteiger partial charge < -0.3 is 20.8 Å². The van der Waals surface area contributed by atoms with Gasteiger partial charge in [0, 0.05) is 13.1 Å². The van der Waals surface area contributed by atoms with Gasteiger partial charge in [-0.25, -0.2) is 0 Å². The molecule has 5 heteroatoms. The van der Waals surface area contributed by atoms with Crippen molar-refractivity contribution in [3.8, 4) is 6.07 Å². The summed E-state index contributed by atoms with van der Waals surface area (Å²) in [6, 6.07) is 7.16. The summed E-state index contributed by atoms with van der Waals surface area (Å²) < 4.78 is 0. The van der Waals surface area contributed by atoms with Gasteiger partial charge in [0.15, 0.2) is 0 Å². The Hall–Kier alpha value is -1.77. The lowest BCUT2D eigenvalue weighted by molar-refractivity contribution is 0.0572. The summed E-state index contributed by atoms with van der Waals surface area (Å²) in [6.07, 6.45) is -1.52. The first-order valence-electron chi connectivity index (χ1n) is 5.03. The fourth-order valence-corrected chi connectivity index (χ4v) is 1.89. The molecule has 84 valence electrons. The Morgan fingerprint density at radius 2 is 1.94 bits per heavy atom. The van der Waals surface area contributed by atoms with Crippen molar-refractivity contribution in [1.82, 2.24) is 0 Å². The van der Waals surface area contributed by atoms with Crippen LogP contribution >= 0.6 is 0 Å². The van der Waals surface area contributed by atoms with E-state index in [1.807, 2.05) is 6.07 Å². The molecular formula is C11H13N3O2. The fraction of sp³-hybridized carbons (Fsp3) is 0.364. The second-order valence-electron chi connectivity index (χ2n) is 3.89. The average Bonchev–Trinajstić information content (AvgIpc) is 2.59. The molecule has 0 bridgehead atoms. The Kier molecular flexibility index (Phi) is 2.69. The quantitative estimate of drug-likeness (QED) is 0.563. The van der Waals surface area contributed by atoms with Crippen LogP contribution in [0.2, 0.25) is 0 Å². The molecule has 1 aliphatic rings. The Morgan fingerprint density at radius 3 is 2.50 bits per heavy atom. The van der Waals surface area contributed by atoms with E-state index in [1.54, 1.807) is 23.1 Å². The average molecular weight is 219 g/mol. The van der Waals surface area contributed by atoms with Crippen molar-refractivity contribution in [1.29, 1.82) is 5.26 Å². The Balaban J connectivity index is 2.32. The maximum Gasteiger partial charge on any atom is 0.101 e. The van der Waals surface area contributed by atoms with Gasteiger partial charge in [-0.3, -0.25) is 0 Å². The summed E-state index contributed by atoms with van der Waals surface area (Å²) in [4.78, 5) is 1.78. The number of nitrogens with zero attached hydrogens (tertiary/aromatic N) is 2. The van der Waals surface area contributed by atoms with Gasteiger partial charge in [-0.15, -0.1) is 0 Å². The van der Waals surface area contributed by atoms with Crippen LogP contribution < -0.4 is 10.6 Å². The Morgan fingerprint density at radius 1 is 1.31 bits per heavy atom. The van der Waals surface area contributed by atoms with E-state index in [0.717, 1.165) is 0 Å². The third-order valence-electron chi connectivity index (χ3n) is 2.80. The Labute approximate surface area is 93.3 Å². The van der Waals surface area contributed by atoms with Gasteiger partial charge in [0.2, 0.25) is 0 Å². The fourth-order valence-electron chi connectivity index (χ4n) is 1.89. The molecule has 0 radical (unpaired) electrons. The van der Waals surface area contributed by atoms with Crippen LogP contribution in [0.15, 0.2) is 18.2 Å². The van der Waals surface area contributed by atoms with Crippen LogP contribution in [0, 0.1) is 11.3 Å². The van der Waals surface area contributed by atoms with Crippen LogP contribution in [-0.2, 0) is 0 Å². The number of β-amino-alcohol motifs (C(OH)–C–C–N with tert-alkyl or cyclic N) is 2. The number of anilines is 2. The second kappa shape index (κ2) is 4.00. The number of nitrogens with two attached hydrogens (primary N) is 1. The minimum absolute atomic E-state index is 0.334. The number of aliphatic hydroxyl groups is 2. The summed E-state index contributed by atoms with van der Waals surface area (Å²) in [5, 5.41) is 27.7. The normalized spacial score (nSPS) is 24.4. The topological polar surface area (TPSA) is 93.5 Å². The first kappa shape index (κ1) is 10.7. The molecule has 1 fully saturated rings. The molecule has 0 aromatic heterocycles. The predicted molar refractivity (Wildman–Crippen MR) is 59.8 cm³/mol. The monoisotopic (exact) mass is 219 g/mol. The van der Waals surface area contributed by atoms with Crippen molar-refractivity contribution in [2.45, 2.75) is 12.2 Å². The van der Waals surface area contributed by atoms with E-state index in [9.17, 15) is 10.2 Å². The summed E-state index contributed by atoms with van der Waals surface area (Å²) in [7, 11) is 0. The molecule has 0 spiro atoms. The summed E-state index contributed by atoms with van der Waals surface area (Å²) in [6.45, 7) is 0.667. The standard InChI is InChI=1S/C11H13N3O2/c12-4-7-2-1-3-8(11(7)13)14-5-9(15)10(16)6-14/h1-3,9-10,15-16H,5-6,13H2. The van der Waals surface area contributed by atoms with Crippen LogP contribution in [0.3, 0.4) is 0 Å². The van der Waals surface area contributed by atoms with E-state index in [0.29, 0.717) is 30.0 Å². The molecule has 1 aliphatic heterocycles. The molecule has 0 amide bonds. The van der Waals surface area contributed by atoms with Crippen LogP contribution in [0.25, 0.3) is 0 Å². The zero-order valence-electron chi connectivity index (χ0n) is 8.67. The largest absolute Gasteiger partial charge is 0.396 e. The molecule has 1 heterocycles. The second-order valence-corrected chi connectivity index (χ2v) is 3.89. The molecular weight excluding hydrogens is 206 g/mol. The summed E-state index contributed by atoms with van der Waals surface area (Å²) >= 11 is 0. The minimum atomic E-state index is -0.759.